The lowest BCUT2D eigenvalue weighted by molar-refractivity contribution is -0.155. The van der Waals surface area contributed by atoms with Gasteiger partial charge >= 0.3 is 5.97 Å². The number of ether oxygens (including phenoxy) is 4. The highest BCUT2D eigenvalue weighted by Crippen LogP contribution is 2.27. The van der Waals surface area contributed by atoms with Crippen LogP contribution in [0.3, 0.4) is 0 Å². The zero-order valence-electron chi connectivity index (χ0n) is 16.5. The fraction of sp³-hybridized carbons (Fsp3) is 0.286. The molecule has 0 bridgehead atoms. The van der Waals surface area contributed by atoms with Gasteiger partial charge in [0.05, 0.1) is 13.7 Å². The highest BCUT2D eigenvalue weighted by Gasteiger charge is 2.19. The first kappa shape index (κ1) is 21.7. The van der Waals surface area contributed by atoms with Crippen LogP contribution in [-0.4, -0.2) is 44.6 Å². The Morgan fingerprint density at radius 1 is 1.07 bits per heavy atom. The van der Waals surface area contributed by atoms with Crippen LogP contribution >= 0.6 is 0 Å². The number of esters is 1. The molecule has 0 aromatic heterocycles. The number of amides is 1. The van der Waals surface area contributed by atoms with Gasteiger partial charge in [-0.1, -0.05) is 0 Å². The standard InChI is InChI=1S/C21H23NO7/c1-4-27-17-8-6-16(7-9-17)22-21(25)14(2)29-20(24)13-28-18-10-5-15(12-23)11-19(18)26-3/h5-12,14H,4,13H2,1-3H3,(H,22,25)/t14-/m1/s1. The maximum atomic E-state index is 12.2. The lowest BCUT2D eigenvalue weighted by Crippen LogP contribution is -2.31. The van der Waals surface area contributed by atoms with Crippen molar-refractivity contribution < 1.29 is 33.3 Å². The van der Waals surface area contributed by atoms with Gasteiger partial charge in [0.2, 0.25) is 0 Å². The van der Waals surface area contributed by atoms with Crippen LogP contribution < -0.4 is 19.5 Å². The molecule has 0 unspecified atom stereocenters. The maximum Gasteiger partial charge on any atom is 0.344 e. The van der Waals surface area contributed by atoms with E-state index in [1.165, 1.54) is 32.2 Å². The zero-order valence-corrected chi connectivity index (χ0v) is 16.5. The fourth-order valence-electron chi connectivity index (χ4n) is 2.34. The average Bonchev–Trinajstić information content (AvgIpc) is 2.73. The minimum atomic E-state index is -1.02. The number of carbonyl (C=O) groups excluding carboxylic acids is 3. The molecule has 2 aromatic rings. The Morgan fingerprint density at radius 3 is 2.41 bits per heavy atom. The predicted octanol–water partition coefficient (Wildman–Crippen LogP) is 2.86. The third-order valence-electron chi connectivity index (χ3n) is 3.78. The molecule has 1 N–H and O–H groups in total. The van der Waals surface area contributed by atoms with Gasteiger partial charge in [-0.3, -0.25) is 9.59 Å². The van der Waals surface area contributed by atoms with Crippen molar-refractivity contribution in [2.24, 2.45) is 0 Å². The van der Waals surface area contributed by atoms with Gasteiger partial charge in [0.25, 0.3) is 5.91 Å². The van der Waals surface area contributed by atoms with Crippen LogP contribution in [0.1, 0.15) is 24.2 Å². The van der Waals surface area contributed by atoms with Crippen molar-refractivity contribution in [2.75, 3.05) is 25.6 Å². The third kappa shape index (κ3) is 6.53. The summed E-state index contributed by atoms with van der Waals surface area (Å²) >= 11 is 0. The monoisotopic (exact) mass is 401 g/mol. The summed E-state index contributed by atoms with van der Waals surface area (Å²) in [6.45, 7) is 3.47. The molecule has 29 heavy (non-hydrogen) atoms. The number of anilines is 1. The molecule has 154 valence electrons. The molecule has 0 aliphatic rings. The summed E-state index contributed by atoms with van der Waals surface area (Å²) in [5.41, 5.74) is 0.967. The van der Waals surface area contributed by atoms with E-state index in [2.05, 4.69) is 5.32 Å². The highest BCUT2D eigenvalue weighted by atomic mass is 16.6. The van der Waals surface area contributed by atoms with Gasteiger partial charge in [0.1, 0.15) is 12.0 Å². The number of aldehydes is 1. The number of nitrogens with one attached hydrogen (secondary N) is 1. The molecule has 1 atom stereocenters. The Hall–Kier alpha value is -3.55. The molecule has 0 saturated carbocycles. The molecule has 0 saturated heterocycles. The van der Waals surface area contributed by atoms with Crippen LogP contribution in [0.25, 0.3) is 0 Å². The van der Waals surface area contributed by atoms with Gasteiger partial charge in [0, 0.05) is 11.3 Å². The van der Waals surface area contributed by atoms with Crippen molar-refractivity contribution in [1.29, 1.82) is 0 Å². The zero-order chi connectivity index (χ0) is 21.2. The first-order valence-corrected chi connectivity index (χ1v) is 8.96. The maximum absolute atomic E-state index is 12.2. The van der Waals surface area contributed by atoms with Crippen molar-refractivity contribution >= 4 is 23.9 Å². The first-order chi connectivity index (χ1) is 14.0. The minimum Gasteiger partial charge on any atom is -0.494 e. The van der Waals surface area contributed by atoms with E-state index in [9.17, 15) is 14.4 Å². The predicted molar refractivity (Wildman–Crippen MR) is 106 cm³/mol. The second-order valence-electron chi connectivity index (χ2n) is 5.90. The van der Waals surface area contributed by atoms with E-state index in [-0.39, 0.29) is 5.75 Å². The summed E-state index contributed by atoms with van der Waals surface area (Å²) in [4.78, 5) is 35.0. The summed E-state index contributed by atoms with van der Waals surface area (Å²) in [6, 6.07) is 11.4. The largest absolute Gasteiger partial charge is 0.494 e. The Bertz CT molecular complexity index is 849. The number of carbonyl (C=O) groups is 3. The Balaban J connectivity index is 1.85. The van der Waals surface area contributed by atoms with E-state index in [0.29, 0.717) is 35.6 Å². The van der Waals surface area contributed by atoms with Gasteiger partial charge in [-0.15, -0.1) is 0 Å². The van der Waals surface area contributed by atoms with E-state index < -0.39 is 24.6 Å². The van der Waals surface area contributed by atoms with Gasteiger partial charge in [-0.2, -0.15) is 0 Å². The molecule has 2 aromatic carbocycles. The Morgan fingerprint density at radius 2 is 1.79 bits per heavy atom. The van der Waals surface area contributed by atoms with E-state index in [1.807, 2.05) is 6.92 Å². The number of hydrogen-bond acceptors (Lipinski definition) is 7. The van der Waals surface area contributed by atoms with Crippen molar-refractivity contribution in [3.63, 3.8) is 0 Å². The Labute approximate surface area is 168 Å². The number of methoxy groups -OCH3 is 1. The summed E-state index contributed by atoms with van der Waals surface area (Å²) in [5, 5.41) is 2.66. The van der Waals surface area contributed by atoms with E-state index in [0.717, 1.165) is 0 Å². The summed E-state index contributed by atoms with van der Waals surface area (Å²) in [5.74, 6) is 0.0836. The van der Waals surface area contributed by atoms with Crippen LogP contribution in [0.2, 0.25) is 0 Å². The molecule has 8 heteroatoms. The van der Waals surface area contributed by atoms with E-state index >= 15 is 0 Å². The van der Waals surface area contributed by atoms with Crippen molar-refractivity contribution in [2.45, 2.75) is 20.0 Å². The lowest BCUT2D eigenvalue weighted by atomic mass is 10.2. The summed E-state index contributed by atoms with van der Waals surface area (Å²) in [7, 11) is 1.42. The second kappa shape index (κ2) is 10.7. The molecular weight excluding hydrogens is 378 g/mol. The molecule has 0 fully saturated rings. The number of hydrogen-bond donors (Lipinski definition) is 1. The van der Waals surface area contributed by atoms with Crippen LogP contribution in [0, 0.1) is 0 Å². The van der Waals surface area contributed by atoms with Gasteiger partial charge in [0.15, 0.2) is 24.2 Å². The van der Waals surface area contributed by atoms with Crippen LogP contribution in [0.4, 0.5) is 5.69 Å². The SMILES string of the molecule is CCOc1ccc(NC(=O)[C@@H](C)OC(=O)COc2ccc(C=O)cc2OC)cc1. The molecule has 8 nitrogen and oxygen atoms in total. The second-order valence-corrected chi connectivity index (χ2v) is 5.90. The van der Waals surface area contributed by atoms with Crippen LogP contribution in [0.5, 0.6) is 17.2 Å². The molecule has 2 rings (SSSR count). The third-order valence-corrected chi connectivity index (χ3v) is 3.78. The Kier molecular flexibility index (Phi) is 8.02. The highest BCUT2D eigenvalue weighted by molar-refractivity contribution is 5.95. The quantitative estimate of drug-likeness (QED) is 0.483. The normalized spacial score (nSPS) is 11.1. The average molecular weight is 401 g/mol. The molecule has 1 amide bonds. The van der Waals surface area contributed by atoms with E-state index in [4.69, 9.17) is 18.9 Å². The molecular formula is C21H23NO7. The van der Waals surface area contributed by atoms with Crippen molar-refractivity contribution in [3.05, 3.63) is 48.0 Å². The smallest absolute Gasteiger partial charge is 0.344 e. The fourth-order valence-corrected chi connectivity index (χ4v) is 2.34. The van der Waals surface area contributed by atoms with Gasteiger partial charge in [-0.25, -0.2) is 4.79 Å². The summed E-state index contributed by atoms with van der Waals surface area (Å²) < 4.78 is 20.9. The van der Waals surface area contributed by atoms with Crippen molar-refractivity contribution in [3.8, 4) is 17.2 Å². The van der Waals surface area contributed by atoms with Crippen LogP contribution in [0.15, 0.2) is 42.5 Å². The van der Waals surface area contributed by atoms with Crippen LogP contribution in [-0.2, 0) is 14.3 Å². The van der Waals surface area contributed by atoms with E-state index in [1.54, 1.807) is 24.3 Å². The number of benzene rings is 2. The first-order valence-electron chi connectivity index (χ1n) is 8.96. The number of rotatable bonds is 10. The van der Waals surface area contributed by atoms with Gasteiger partial charge < -0.3 is 24.3 Å². The summed E-state index contributed by atoms with van der Waals surface area (Å²) in [6.07, 6.45) is -0.345. The van der Waals surface area contributed by atoms with Crippen molar-refractivity contribution in [1.82, 2.24) is 0 Å². The lowest BCUT2D eigenvalue weighted by Gasteiger charge is -2.15. The molecule has 0 heterocycles. The molecule has 0 aliphatic carbocycles. The topological polar surface area (TPSA) is 100 Å². The molecule has 0 aliphatic heterocycles. The molecule has 0 spiro atoms. The van der Waals surface area contributed by atoms with Gasteiger partial charge in [-0.05, 0) is 56.3 Å². The molecule has 0 radical (unpaired) electrons. The minimum absolute atomic E-state index is 0.279.